The molecule has 0 bridgehead atoms. The molecule has 1 fully saturated rings. The number of aromatic nitrogens is 2. The summed E-state index contributed by atoms with van der Waals surface area (Å²) in [5.74, 6) is 1.14. The van der Waals surface area contributed by atoms with E-state index in [0.717, 1.165) is 30.0 Å². The molecule has 2 N–H and O–H groups in total. The molecule has 2 rings (SSSR count). The van der Waals surface area contributed by atoms with E-state index in [1.807, 2.05) is 14.0 Å². The van der Waals surface area contributed by atoms with Gasteiger partial charge < -0.3 is 15.4 Å². The van der Waals surface area contributed by atoms with Crippen molar-refractivity contribution in [3.63, 3.8) is 0 Å². The third kappa shape index (κ3) is 4.25. The minimum absolute atomic E-state index is 0.0749. The SMILES string of the molecule is COc1c(CN[C@@H](C)C(=O)NC2CCCC2)c(C(C)C)nn1C. The third-order valence-corrected chi connectivity index (χ3v) is 4.54. The molecule has 130 valence electrons. The number of ether oxygens (including phenoxy) is 1. The van der Waals surface area contributed by atoms with Gasteiger partial charge in [-0.2, -0.15) is 5.10 Å². The maximum Gasteiger partial charge on any atom is 0.237 e. The minimum Gasteiger partial charge on any atom is -0.481 e. The van der Waals surface area contributed by atoms with Crippen LogP contribution in [-0.2, 0) is 18.4 Å². The van der Waals surface area contributed by atoms with E-state index in [-0.39, 0.29) is 11.9 Å². The summed E-state index contributed by atoms with van der Waals surface area (Å²) in [6.45, 7) is 6.70. The van der Waals surface area contributed by atoms with Gasteiger partial charge in [0.15, 0.2) is 0 Å². The molecule has 0 unspecified atom stereocenters. The van der Waals surface area contributed by atoms with Crippen molar-refractivity contribution in [3.05, 3.63) is 11.3 Å². The molecule has 1 atom stereocenters. The molecule has 1 amide bonds. The van der Waals surface area contributed by atoms with Gasteiger partial charge in [-0.1, -0.05) is 26.7 Å². The highest BCUT2D eigenvalue weighted by molar-refractivity contribution is 5.81. The molecule has 1 aromatic rings. The lowest BCUT2D eigenvalue weighted by Crippen LogP contribution is -2.45. The van der Waals surface area contributed by atoms with E-state index in [1.165, 1.54) is 12.8 Å². The topological polar surface area (TPSA) is 68.2 Å². The van der Waals surface area contributed by atoms with Crippen molar-refractivity contribution in [2.75, 3.05) is 7.11 Å². The molecule has 1 heterocycles. The van der Waals surface area contributed by atoms with Gasteiger partial charge in [0.05, 0.1) is 24.4 Å². The molecule has 23 heavy (non-hydrogen) atoms. The number of hydrogen-bond donors (Lipinski definition) is 2. The predicted octanol–water partition coefficient (Wildman–Crippen LogP) is 2.09. The highest BCUT2D eigenvalue weighted by Crippen LogP contribution is 2.27. The Morgan fingerprint density at radius 3 is 2.57 bits per heavy atom. The molecule has 0 spiro atoms. The van der Waals surface area contributed by atoms with Crippen LogP contribution in [0.15, 0.2) is 0 Å². The molecular formula is C17H30N4O2. The smallest absolute Gasteiger partial charge is 0.237 e. The molecule has 0 aliphatic heterocycles. The Bertz CT molecular complexity index is 533. The van der Waals surface area contributed by atoms with Gasteiger partial charge in [0.1, 0.15) is 0 Å². The number of hydrogen-bond acceptors (Lipinski definition) is 4. The second kappa shape index (κ2) is 7.81. The normalized spacial score (nSPS) is 16.8. The first-order valence-corrected chi connectivity index (χ1v) is 8.57. The second-order valence-electron chi connectivity index (χ2n) is 6.74. The Balaban J connectivity index is 1.97. The summed E-state index contributed by atoms with van der Waals surface area (Å²) in [5, 5.41) is 11.0. The van der Waals surface area contributed by atoms with E-state index < -0.39 is 0 Å². The van der Waals surface area contributed by atoms with Gasteiger partial charge in [0, 0.05) is 19.6 Å². The van der Waals surface area contributed by atoms with Gasteiger partial charge in [-0.3, -0.25) is 4.79 Å². The van der Waals surface area contributed by atoms with Gasteiger partial charge in [0.25, 0.3) is 0 Å². The van der Waals surface area contributed by atoms with Crippen LogP contribution in [0.25, 0.3) is 0 Å². The minimum atomic E-state index is -0.236. The van der Waals surface area contributed by atoms with Crippen molar-refractivity contribution < 1.29 is 9.53 Å². The fourth-order valence-corrected chi connectivity index (χ4v) is 3.20. The molecule has 0 saturated heterocycles. The highest BCUT2D eigenvalue weighted by atomic mass is 16.5. The second-order valence-corrected chi connectivity index (χ2v) is 6.74. The number of carbonyl (C=O) groups is 1. The molecule has 1 aliphatic rings. The van der Waals surface area contributed by atoms with E-state index in [0.29, 0.717) is 18.5 Å². The Kier molecular flexibility index (Phi) is 6.04. The lowest BCUT2D eigenvalue weighted by atomic mass is 10.1. The third-order valence-electron chi connectivity index (χ3n) is 4.54. The Morgan fingerprint density at radius 1 is 1.35 bits per heavy atom. The lowest BCUT2D eigenvalue weighted by molar-refractivity contribution is -0.123. The van der Waals surface area contributed by atoms with Crippen molar-refractivity contribution in [2.45, 2.75) is 71.0 Å². The number of carbonyl (C=O) groups excluding carboxylic acids is 1. The van der Waals surface area contributed by atoms with E-state index in [9.17, 15) is 4.79 Å². The monoisotopic (exact) mass is 322 g/mol. The zero-order valence-electron chi connectivity index (χ0n) is 15.0. The van der Waals surface area contributed by atoms with Gasteiger partial charge in [0.2, 0.25) is 11.8 Å². The van der Waals surface area contributed by atoms with E-state index in [2.05, 4.69) is 29.6 Å². The number of aryl methyl sites for hydroxylation is 1. The number of nitrogens with zero attached hydrogens (tertiary/aromatic N) is 2. The number of rotatable bonds is 7. The van der Waals surface area contributed by atoms with Gasteiger partial charge in [-0.25, -0.2) is 4.68 Å². The van der Waals surface area contributed by atoms with Crippen LogP contribution in [0.1, 0.15) is 63.6 Å². The summed E-state index contributed by atoms with van der Waals surface area (Å²) in [7, 11) is 3.53. The van der Waals surface area contributed by atoms with Crippen LogP contribution in [0.5, 0.6) is 5.88 Å². The number of methoxy groups -OCH3 is 1. The number of nitrogens with one attached hydrogen (secondary N) is 2. The van der Waals surface area contributed by atoms with E-state index in [1.54, 1.807) is 11.8 Å². The van der Waals surface area contributed by atoms with Gasteiger partial charge in [-0.15, -0.1) is 0 Å². The van der Waals surface area contributed by atoms with Crippen LogP contribution in [-0.4, -0.2) is 34.9 Å². The van der Waals surface area contributed by atoms with Crippen LogP contribution in [0.3, 0.4) is 0 Å². The van der Waals surface area contributed by atoms with Crippen LogP contribution in [0, 0.1) is 0 Å². The fraction of sp³-hybridized carbons (Fsp3) is 0.765. The summed E-state index contributed by atoms with van der Waals surface area (Å²) in [4.78, 5) is 12.3. The van der Waals surface area contributed by atoms with E-state index >= 15 is 0 Å². The Labute approximate surface area is 139 Å². The van der Waals surface area contributed by atoms with Crippen LogP contribution in [0.4, 0.5) is 0 Å². The average Bonchev–Trinajstić information content (AvgIpc) is 3.11. The van der Waals surface area contributed by atoms with Gasteiger partial charge in [-0.05, 0) is 25.7 Å². The maximum absolute atomic E-state index is 12.3. The molecule has 6 heteroatoms. The van der Waals surface area contributed by atoms with Crippen molar-refractivity contribution in [3.8, 4) is 5.88 Å². The van der Waals surface area contributed by atoms with Crippen LogP contribution >= 0.6 is 0 Å². The molecule has 0 aromatic carbocycles. The van der Waals surface area contributed by atoms with Crippen LogP contribution in [0.2, 0.25) is 0 Å². The highest BCUT2D eigenvalue weighted by Gasteiger charge is 2.23. The standard InChI is InChI=1S/C17H30N4O2/c1-11(2)15-14(17(23-5)21(4)20-15)10-18-12(3)16(22)19-13-8-6-7-9-13/h11-13,18H,6-10H2,1-5H3,(H,19,22)/t12-/m0/s1. The molecule has 1 saturated carbocycles. The van der Waals surface area contributed by atoms with Crippen LogP contribution < -0.4 is 15.4 Å². The summed E-state index contributed by atoms with van der Waals surface area (Å²) < 4.78 is 7.23. The van der Waals surface area contributed by atoms with Crippen molar-refractivity contribution in [2.24, 2.45) is 7.05 Å². The first-order chi connectivity index (χ1) is 10.9. The first kappa shape index (κ1) is 17.8. The van der Waals surface area contributed by atoms with Crippen molar-refractivity contribution in [1.82, 2.24) is 20.4 Å². The largest absolute Gasteiger partial charge is 0.481 e. The maximum atomic E-state index is 12.3. The first-order valence-electron chi connectivity index (χ1n) is 8.57. The quantitative estimate of drug-likeness (QED) is 0.806. The molecule has 1 aromatic heterocycles. The molecule has 0 radical (unpaired) electrons. The zero-order chi connectivity index (χ0) is 17.0. The summed E-state index contributed by atoms with van der Waals surface area (Å²) >= 11 is 0. The fourth-order valence-electron chi connectivity index (χ4n) is 3.20. The molecule has 6 nitrogen and oxygen atoms in total. The van der Waals surface area contributed by atoms with E-state index in [4.69, 9.17) is 4.74 Å². The summed E-state index contributed by atoms with van der Waals surface area (Å²) in [6, 6.07) is 0.117. The number of amides is 1. The summed E-state index contributed by atoms with van der Waals surface area (Å²) in [6.07, 6.45) is 4.65. The zero-order valence-corrected chi connectivity index (χ0v) is 15.0. The average molecular weight is 322 g/mol. The molecular weight excluding hydrogens is 292 g/mol. The van der Waals surface area contributed by atoms with Crippen molar-refractivity contribution >= 4 is 5.91 Å². The lowest BCUT2D eigenvalue weighted by Gasteiger charge is -2.18. The Hall–Kier alpha value is -1.56. The Morgan fingerprint density at radius 2 is 2.00 bits per heavy atom. The van der Waals surface area contributed by atoms with Gasteiger partial charge >= 0.3 is 0 Å². The summed E-state index contributed by atoms with van der Waals surface area (Å²) in [5.41, 5.74) is 2.05. The molecule has 1 aliphatic carbocycles. The van der Waals surface area contributed by atoms with Crippen molar-refractivity contribution in [1.29, 1.82) is 0 Å². The predicted molar refractivity (Wildman–Crippen MR) is 90.5 cm³/mol.